The topological polar surface area (TPSA) is 57.4 Å². The molecule has 0 aliphatic carbocycles. The molecule has 0 amide bonds. The Hall–Kier alpha value is -2.68. The van der Waals surface area contributed by atoms with Crippen molar-refractivity contribution < 1.29 is 27.1 Å². The van der Waals surface area contributed by atoms with E-state index in [1.54, 1.807) is 12.1 Å². The molecule has 3 aromatic rings. The fourth-order valence-corrected chi connectivity index (χ4v) is 2.93. The Morgan fingerprint density at radius 3 is 2.50 bits per heavy atom. The summed E-state index contributed by atoms with van der Waals surface area (Å²) in [6, 6.07) is 14.0. The third-order valence-corrected chi connectivity index (χ3v) is 4.38. The highest BCUT2D eigenvalue weighted by molar-refractivity contribution is 7.98. The number of alkyl halides is 3. The van der Waals surface area contributed by atoms with E-state index in [2.05, 4.69) is 14.9 Å². The zero-order valence-electron chi connectivity index (χ0n) is 14.9. The number of rotatable bonds is 8. The van der Waals surface area contributed by atoms with Gasteiger partial charge < -0.3 is 13.9 Å². The summed E-state index contributed by atoms with van der Waals surface area (Å²) in [7, 11) is 0. The molecular formula is C19H17F3N2O3S. The van der Waals surface area contributed by atoms with Gasteiger partial charge in [0, 0.05) is 5.75 Å². The quantitative estimate of drug-likeness (QED) is 0.477. The lowest BCUT2D eigenvalue weighted by molar-refractivity contribution is -0.153. The fraction of sp³-hybridized carbons (Fsp3) is 0.263. The molecule has 3 rings (SSSR count). The van der Waals surface area contributed by atoms with Crippen LogP contribution in [0.1, 0.15) is 17.0 Å². The zero-order chi connectivity index (χ0) is 20.0. The van der Waals surface area contributed by atoms with Gasteiger partial charge in [-0.15, -0.1) is 10.2 Å². The molecule has 0 N–H and O–H groups in total. The first kappa shape index (κ1) is 20.1. The van der Waals surface area contributed by atoms with Gasteiger partial charge >= 0.3 is 6.18 Å². The third-order valence-electron chi connectivity index (χ3n) is 3.49. The van der Waals surface area contributed by atoms with Crippen molar-refractivity contribution in [2.75, 3.05) is 6.61 Å². The minimum Gasteiger partial charge on any atom is -0.484 e. The number of aryl methyl sites for hydroxylation is 1. The van der Waals surface area contributed by atoms with E-state index in [1.807, 2.05) is 31.2 Å². The Morgan fingerprint density at radius 1 is 1.00 bits per heavy atom. The molecule has 28 heavy (non-hydrogen) atoms. The van der Waals surface area contributed by atoms with Crippen LogP contribution in [0.25, 0.3) is 0 Å². The van der Waals surface area contributed by atoms with Gasteiger partial charge in [-0.1, -0.05) is 36.0 Å². The van der Waals surface area contributed by atoms with Gasteiger partial charge in [-0.2, -0.15) is 13.2 Å². The fourth-order valence-electron chi connectivity index (χ4n) is 2.20. The summed E-state index contributed by atoms with van der Waals surface area (Å²) < 4.78 is 52.2. The third kappa shape index (κ3) is 6.49. The SMILES string of the molecule is Cc1cccc(OCc2nnc(SCc3ccc(OCC(F)(F)F)cc3)o2)c1. The first-order valence-corrected chi connectivity index (χ1v) is 9.29. The Labute approximate surface area is 163 Å². The molecule has 0 saturated heterocycles. The minimum absolute atomic E-state index is 0.166. The number of halogens is 3. The molecule has 0 unspecified atom stereocenters. The molecule has 148 valence electrons. The molecule has 0 bridgehead atoms. The van der Waals surface area contributed by atoms with Crippen molar-refractivity contribution in [2.45, 2.75) is 30.7 Å². The molecule has 1 heterocycles. The van der Waals surface area contributed by atoms with E-state index in [0.717, 1.165) is 16.9 Å². The van der Waals surface area contributed by atoms with Crippen LogP contribution in [0.3, 0.4) is 0 Å². The number of hydrogen-bond donors (Lipinski definition) is 0. The normalized spacial score (nSPS) is 11.4. The summed E-state index contributed by atoms with van der Waals surface area (Å²) in [4.78, 5) is 0. The molecule has 0 fully saturated rings. The van der Waals surface area contributed by atoms with Gasteiger partial charge in [0.1, 0.15) is 11.5 Å². The standard InChI is InChI=1S/C19H17F3N2O3S/c1-13-3-2-4-16(9-13)25-10-17-23-24-18(27-17)28-11-14-5-7-15(8-6-14)26-12-19(20,21)22/h2-9H,10-12H2,1H3. The summed E-state index contributed by atoms with van der Waals surface area (Å²) in [6.07, 6.45) is -4.35. The maximum Gasteiger partial charge on any atom is 0.422 e. The van der Waals surface area contributed by atoms with Crippen LogP contribution in [0.2, 0.25) is 0 Å². The van der Waals surface area contributed by atoms with E-state index in [0.29, 0.717) is 16.9 Å². The molecule has 9 heteroatoms. The first-order valence-electron chi connectivity index (χ1n) is 8.30. The average molecular weight is 410 g/mol. The Bertz CT molecular complexity index is 898. The maximum atomic E-state index is 12.1. The summed E-state index contributed by atoms with van der Waals surface area (Å²) in [5.74, 6) is 1.78. The second-order valence-electron chi connectivity index (χ2n) is 5.90. The van der Waals surface area contributed by atoms with Crippen LogP contribution in [0.15, 0.2) is 58.2 Å². The largest absolute Gasteiger partial charge is 0.484 e. The number of benzene rings is 2. The summed E-state index contributed by atoms with van der Waals surface area (Å²) >= 11 is 1.33. The van der Waals surface area contributed by atoms with Crippen molar-refractivity contribution >= 4 is 11.8 Å². The summed E-state index contributed by atoms with van der Waals surface area (Å²) in [5.41, 5.74) is 1.98. The highest BCUT2D eigenvalue weighted by atomic mass is 32.2. The van der Waals surface area contributed by atoms with Gasteiger partial charge in [0.05, 0.1) is 0 Å². The predicted molar refractivity (Wildman–Crippen MR) is 97.4 cm³/mol. The molecule has 0 radical (unpaired) electrons. The van der Waals surface area contributed by atoms with Gasteiger partial charge in [-0.3, -0.25) is 0 Å². The van der Waals surface area contributed by atoms with E-state index in [-0.39, 0.29) is 12.4 Å². The minimum atomic E-state index is -4.35. The van der Waals surface area contributed by atoms with Crippen LogP contribution >= 0.6 is 11.8 Å². The number of hydrogen-bond acceptors (Lipinski definition) is 6. The Morgan fingerprint density at radius 2 is 1.79 bits per heavy atom. The van der Waals surface area contributed by atoms with Gasteiger partial charge in [0.2, 0.25) is 0 Å². The molecule has 0 aliphatic rings. The summed E-state index contributed by atoms with van der Waals surface area (Å²) in [6.45, 7) is 0.835. The van der Waals surface area contributed by atoms with Crippen LogP contribution in [0, 0.1) is 6.92 Å². The van der Waals surface area contributed by atoms with E-state index >= 15 is 0 Å². The van der Waals surface area contributed by atoms with Crippen LogP contribution in [-0.2, 0) is 12.4 Å². The number of thioether (sulfide) groups is 1. The van der Waals surface area contributed by atoms with E-state index in [1.165, 1.54) is 23.9 Å². The van der Waals surface area contributed by atoms with Crippen LogP contribution in [0.4, 0.5) is 13.2 Å². The maximum absolute atomic E-state index is 12.1. The molecule has 0 aliphatic heterocycles. The molecule has 0 spiro atoms. The first-order chi connectivity index (χ1) is 13.4. The lowest BCUT2D eigenvalue weighted by Gasteiger charge is -2.09. The second kappa shape index (κ2) is 9.01. The molecule has 0 atom stereocenters. The van der Waals surface area contributed by atoms with Crippen LogP contribution < -0.4 is 9.47 Å². The molecular weight excluding hydrogens is 393 g/mol. The zero-order valence-corrected chi connectivity index (χ0v) is 15.7. The van der Waals surface area contributed by atoms with E-state index < -0.39 is 12.8 Å². The molecule has 0 saturated carbocycles. The van der Waals surface area contributed by atoms with E-state index in [4.69, 9.17) is 9.15 Å². The van der Waals surface area contributed by atoms with Gasteiger partial charge in [-0.05, 0) is 42.3 Å². The van der Waals surface area contributed by atoms with Gasteiger partial charge in [0.15, 0.2) is 13.2 Å². The number of ether oxygens (including phenoxy) is 2. The Kier molecular flexibility index (Phi) is 6.45. The van der Waals surface area contributed by atoms with Crippen LogP contribution in [0.5, 0.6) is 11.5 Å². The van der Waals surface area contributed by atoms with Crippen LogP contribution in [-0.4, -0.2) is 23.0 Å². The van der Waals surface area contributed by atoms with Crippen molar-refractivity contribution in [3.05, 3.63) is 65.5 Å². The molecule has 2 aromatic carbocycles. The van der Waals surface area contributed by atoms with Crippen molar-refractivity contribution in [3.63, 3.8) is 0 Å². The van der Waals surface area contributed by atoms with Crippen molar-refractivity contribution in [1.29, 1.82) is 0 Å². The smallest absolute Gasteiger partial charge is 0.422 e. The predicted octanol–water partition coefficient (Wildman–Crippen LogP) is 5.19. The average Bonchev–Trinajstić information content (AvgIpc) is 3.11. The highest BCUT2D eigenvalue weighted by Gasteiger charge is 2.28. The Balaban J connectivity index is 1.46. The highest BCUT2D eigenvalue weighted by Crippen LogP contribution is 2.24. The molecule has 5 nitrogen and oxygen atoms in total. The lowest BCUT2D eigenvalue weighted by atomic mass is 10.2. The van der Waals surface area contributed by atoms with Crippen molar-refractivity contribution in [2.24, 2.45) is 0 Å². The summed E-state index contributed by atoms with van der Waals surface area (Å²) in [5, 5.41) is 8.28. The molecule has 1 aromatic heterocycles. The van der Waals surface area contributed by atoms with Gasteiger partial charge in [-0.25, -0.2) is 0 Å². The van der Waals surface area contributed by atoms with Gasteiger partial charge in [0.25, 0.3) is 11.1 Å². The number of nitrogens with zero attached hydrogens (tertiary/aromatic N) is 2. The van der Waals surface area contributed by atoms with E-state index in [9.17, 15) is 13.2 Å². The van der Waals surface area contributed by atoms with Crippen molar-refractivity contribution in [1.82, 2.24) is 10.2 Å². The van der Waals surface area contributed by atoms with Crippen molar-refractivity contribution in [3.8, 4) is 11.5 Å². The lowest BCUT2D eigenvalue weighted by Crippen LogP contribution is -2.19. The number of aromatic nitrogens is 2. The monoisotopic (exact) mass is 410 g/mol. The second-order valence-corrected chi connectivity index (χ2v) is 6.83.